The lowest BCUT2D eigenvalue weighted by atomic mass is 9.98. The highest BCUT2D eigenvalue weighted by Gasteiger charge is 2.19. The van der Waals surface area contributed by atoms with Crippen LogP contribution >= 0.6 is 27.5 Å². The largest absolute Gasteiger partial charge is 0.310 e. The van der Waals surface area contributed by atoms with E-state index in [0.29, 0.717) is 13.0 Å². The predicted molar refractivity (Wildman–Crippen MR) is 85.6 cm³/mol. The molecular formula is C16H15BrClF2N. The molecule has 0 aliphatic rings. The van der Waals surface area contributed by atoms with Gasteiger partial charge in [0.2, 0.25) is 0 Å². The van der Waals surface area contributed by atoms with E-state index >= 15 is 0 Å². The van der Waals surface area contributed by atoms with Crippen LogP contribution in [-0.4, -0.2) is 6.54 Å². The van der Waals surface area contributed by atoms with Gasteiger partial charge >= 0.3 is 0 Å². The average Bonchev–Trinajstić information content (AvgIpc) is 2.45. The van der Waals surface area contributed by atoms with Crippen LogP contribution in [0, 0.1) is 11.6 Å². The van der Waals surface area contributed by atoms with Gasteiger partial charge in [0.1, 0.15) is 11.6 Å². The molecule has 0 amide bonds. The maximum Gasteiger partial charge on any atom is 0.142 e. The minimum absolute atomic E-state index is 0.201. The fourth-order valence-electron chi connectivity index (χ4n) is 2.23. The maximum absolute atomic E-state index is 14.1. The quantitative estimate of drug-likeness (QED) is 0.703. The van der Waals surface area contributed by atoms with Gasteiger partial charge in [-0.25, -0.2) is 8.78 Å². The highest BCUT2D eigenvalue weighted by Crippen LogP contribution is 2.28. The number of halogens is 4. The standard InChI is InChI=1S/C16H15BrClF2N/c1-2-21-16(7-10-5-3-4-6-12(10)17)11-8-15(20)13(18)9-14(11)19/h3-6,8-9,16,21H,2,7H2,1H3. The molecule has 1 atom stereocenters. The molecule has 0 spiro atoms. The van der Waals surface area contributed by atoms with Gasteiger partial charge in [0.05, 0.1) is 5.02 Å². The SMILES string of the molecule is CCNC(Cc1ccccc1Br)c1cc(F)c(Cl)cc1F. The van der Waals surface area contributed by atoms with E-state index in [0.717, 1.165) is 16.1 Å². The van der Waals surface area contributed by atoms with E-state index in [2.05, 4.69) is 21.2 Å². The highest BCUT2D eigenvalue weighted by atomic mass is 79.9. The van der Waals surface area contributed by atoms with Crippen molar-refractivity contribution < 1.29 is 8.78 Å². The Hall–Kier alpha value is -0.970. The van der Waals surface area contributed by atoms with Gasteiger partial charge in [0.25, 0.3) is 0 Å². The monoisotopic (exact) mass is 373 g/mol. The summed E-state index contributed by atoms with van der Waals surface area (Å²) in [7, 11) is 0. The number of nitrogens with one attached hydrogen (secondary N) is 1. The summed E-state index contributed by atoms with van der Waals surface area (Å²) in [4.78, 5) is 0. The van der Waals surface area contributed by atoms with Crippen LogP contribution in [0.3, 0.4) is 0 Å². The summed E-state index contributed by atoms with van der Waals surface area (Å²) < 4.78 is 28.7. The fraction of sp³-hybridized carbons (Fsp3) is 0.250. The molecule has 2 rings (SSSR count). The van der Waals surface area contributed by atoms with Crippen LogP contribution in [0.15, 0.2) is 40.9 Å². The van der Waals surface area contributed by atoms with Gasteiger partial charge in [0, 0.05) is 16.1 Å². The Morgan fingerprint density at radius 3 is 2.57 bits per heavy atom. The van der Waals surface area contributed by atoms with Crippen molar-refractivity contribution in [3.8, 4) is 0 Å². The molecule has 112 valence electrons. The molecule has 0 heterocycles. The van der Waals surface area contributed by atoms with Crippen molar-refractivity contribution in [3.05, 3.63) is 68.7 Å². The Labute approximate surface area is 136 Å². The van der Waals surface area contributed by atoms with Crippen LogP contribution in [0.5, 0.6) is 0 Å². The third-order valence-electron chi connectivity index (χ3n) is 3.25. The minimum atomic E-state index is -0.608. The van der Waals surface area contributed by atoms with E-state index in [4.69, 9.17) is 11.6 Å². The van der Waals surface area contributed by atoms with Gasteiger partial charge in [-0.2, -0.15) is 0 Å². The Balaban J connectivity index is 2.35. The van der Waals surface area contributed by atoms with Crippen molar-refractivity contribution >= 4 is 27.5 Å². The van der Waals surface area contributed by atoms with Gasteiger partial charge < -0.3 is 5.32 Å². The number of benzene rings is 2. The smallest absolute Gasteiger partial charge is 0.142 e. The summed E-state index contributed by atoms with van der Waals surface area (Å²) in [5, 5.41) is 2.99. The highest BCUT2D eigenvalue weighted by molar-refractivity contribution is 9.10. The van der Waals surface area contributed by atoms with Crippen LogP contribution in [0.1, 0.15) is 24.1 Å². The summed E-state index contributed by atoms with van der Waals surface area (Å²) in [6.07, 6.45) is 0.549. The molecule has 0 aliphatic heterocycles. The molecule has 2 aromatic carbocycles. The van der Waals surface area contributed by atoms with Crippen molar-refractivity contribution in [2.24, 2.45) is 0 Å². The fourth-order valence-corrected chi connectivity index (χ4v) is 2.82. The van der Waals surface area contributed by atoms with Crippen LogP contribution in [0.2, 0.25) is 5.02 Å². The number of hydrogen-bond donors (Lipinski definition) is 1. The van der Waals surface area contributed by atoms with Crippen molar-refractivity contribution in [1.82, 2.24) is 5.32 Å². The van der Waals surface area contributed by atoms with E-state index in [1.165, 1.54) is 6.07 Å². The van der Waals surface area contributed by atoms with Crippen molar-refractivity contribution in [2.45, 2.75) is 19.4 Å². The third-order valence-corrected chi connectivity index (χ3v) is 4.31. The molecule has 21 heavy (non-hydrogen) atoms. The molecule has 0 aliphatic carbocycles. The number of hydrogen-bond acceptors (Lipinski definition) is 1. The maximum atomic E-state index is 14.1. The summed E-state index contributed by atoms with van der Waals surface area (Å²) >= 11 is 9.09. The summed E-state index contributed by atoms with van der Waals surface area (Å²) in [6.45, 7) is 2.58. The second-order valence-corrected chi connectivity index (χ2v) is 5.96. The first kappa shape index (κ1) is 16.4. The van der Waals surface area contributed by atoms with Gasteiger partial charge in [-0.1, -0.05) is 52.7 Å². The van der Waals surface area contributed by atoms with Gasteiger partial charge in [-0.3, -0.25) is 0 Å². The van der Waals surface area contributed by atoms with E-state index in [9.17, 15) is 8.78 Å². The Morgan fingerprint density at radius 1 is 1.19 bits per heavy atom. The normalized spacial score (nSPS) is 12.4. The topological polar surface area (TPSA) is 12.0 Å². The van der Waals surface area contributed by atoms with E-state index in [-0.39, 0.29) is 16.6 Å². The molecule has 0 bridgehead atoms. The molecule has 1 N–H and O–H groups in total. The molecular weight excluding hydrogens is 360 g/mol. The second kappa shape index (κ2) is 7.34. The first-order valence-corrected chi connectivity index (χ1v) is 7.81. The van der Waals surface area contributed by atoms with Crippen LogP contribution < -0.4 is 5.32 Å². The molecule has 5 heteroatoms. The van der Waals surface area contributed by atoms with Crippen LogP contribution in [-0.2, 0) is 6.42 Å². The van der Waals surface area contributed by atoms with Gasteiger partial charge in [0.15, 0.2) is 0 Å². The molecule has 0 radical (unpaired) electrons. The number of likely N-dealkylation sites (N-methyl/N-ethyl adjacent to an activating group) is 1. The molecule has 2 aromatic rings. The third kappa shape index (κ3) is 4.02. The van der Waals surface area contributed by atoms with E-state index in [1.54, 1.807) is 0 Å². The summed E-state index contributed by atoms with van der Waals surface area (Å²) in [6, 6.07) is 9.59. The Bertz CT molecular complexity index is 634. The zero-order valence-corrected chi connectivity index (χ0v) is 13.8. The van der Waals surface area contributed by atoms with Gasteiger partial charge in [-0.15, -0.1) is 0 Å². The Kier molecular flexibility index (Phi) is 5.73. The minimum Gasteiger partial charge on any atom is -0.310 e. The lowest BCUT2D eigenvalue weighted by Gasteiger charge is -2.20. The molecule has 0 aromatic heterocycles. The van der Waals surface area contributed by atoms with Crippen LogP contribution in [0.25, 0.3) is 0 Å². The summed E-state index contributed by atoms with van der Waals surface area (Å²) in [5.41, 5.74) is 1.31. The predicted octanol–water partition coefficient (Wildman–Crippen LogP) is 5.27. The number of rotatable bonds is 5. The van der Waals surface area contributed by atoms with E-state index in [1.807, 2.05) is 31.2 Å². The molecule has 1 unspecified atom stereocenters. The molecule has 0 saturated carbocycles. The molecule has 1 nitrogen and oxygen atoms in total. The second-order valence-electron chi connectivity index (χ2n) is 4.69. The first-order chi connectivity index (χ1) is 10.0. The lowest BCUT2D eigenvalue weighted by molar-refractivity contribution is 0.502. The zero-order valence-electron chi connectivity index (χ0n) is 11.5. The van der Waals surface area contributed by atoms with Crippen LogP contribution in [0.4, 0.5) is 8.78 Å². The first-order valence-electron chi connectivity index (χ1n) is 6.64. The summed E-state index contributed by atoms with van der Waals surface area (Å²) in [5.74, 6) is -1.11. The molecule has 0 fully saturated rings. The van der Waals surface area contributed by atoms with Crippen molar-refractivity contribution in [1.29, 1.82) is 0 Å². The Morgan fingerprint density at radius 2 is 1.90 bits per heavy atom. The van der Waals surface area contributed by atoms with Crippen molar-refractivity contribution in [3.63, 3.8) is 0 Å². The van der Waals surface area contributed by atoms with Crippen molar-refractivity contribution in [2.75, 3.05) is 6.54 Å². The lowest BCUT2D eigenvalue weighted by Crippen LogP contribution is -2.24. The van der Waals surface area contributed by atoms with E-state index < -0.39 is 11.6 Å². The molecule has 0 saturated heterocycles. The average molecular weight is 375 g/mol. The van der Waals surface area contributed by atoms with Gasteiger partial charge in [-0.05, 0) is 36.7 Å². The zero-order chi connectivity index (χ0) is 15.4.